The van der Waals surface area contributed by atoms with Crippen LogP contribution in [0.15, 0.2) is 78.9 Å². The summed E-state index contributed by atoms with van der Waals surface area (Å²) in [6, 6.07) is 22.3. The molecule has 1 aliphatic heterocycles. The van der Waals surface area contributed by atoms with E-state index >= 15 is 0 Å². The molecule has 1 aliphatic rings. The number of hydrogen-bond donors (Lipinski definition) is 2. The minimum absolute atomic E-state index is 0.141. The highest BCUT2D eigenvalue weighted by Gasteiger charge is 2.21. The minimum atomic E-state index is -0.269. The predicted molar refractivity (Wildman–Crippen MR) is 126 cm³/mol. The number of carbonyl (C=O) groups excluding carboxylic acids is 2. The zero-order valence-electron chi connectivity index (χ0n) is 18.0. The average molecular weight is 448 g/mol. The normalized spacial score (nSPS) is 13.4. The third-order valence-electron chi connectivity index (χ3n) is 5.27. The number of ether oxygens (including phenoxy) is 1. The van der Waals surface area contributed by atoms with E-state index in [-0.39, 0.29) is 24.4 Å². The Balaban J connectivity index is 1.25. The van der Waals surface area contributed by atoms with Crippen LogP contribution in [0.4, 0.5) is 26.2 Å². The maximum Gasteiger partial charge on any atom is 0.321 e. The summed E-state index contributed by atoms with van der Waals surface area (Å²) in [5.41, 5.74) is 2.23. The molecule has 170 valence electrons. The van der Waals surface area contributed by atoms with Crippen LogP contribution < -0.4 is 20.3 Å². The molecule has 3 aromatic carbocycles. The molecule has 7 nitrogen and oxygen atoms in total. The van der Waals surface area contributed by atoms with Crippen molar-refractivity contribution in [3.8, 4) is 5.75 Å². The molecule has 0 atom stereocenters. The monoisotopic (exact) mass is 448 g/mol. The number of hydrogen-bond acceptors (Lipinski definition) is 4. The van der Waals surface area contributed by atoms with Crippen molar-refractivity contribution >= 4 is 29.0 Å². The molecule has 0 aliphatic carbocycles. The number of rotatable bonds is 6. The highest BCUT2D eigenvalue weighted by molar-refractivity contribution is 5.92. The van der Waals surface area contributed by atoms with Crippen LogP contribution in [-0.4, -0.2) is 49.6 Å². The number of anilines is 3. The molecule has 0 unspecified atom stereocenters. The third kappa shape index (κ3) is 6.22. The Labute approximate surface area is 191 Å². The van der Waals surface area contributed by atoms with E-state index < -0.39 is 0 Å². The third-order valence-corrected chi connectivity index (χ3v) is 5.27. The molecule has 3 aromatic rings. The van der Waals surface area contributed by atoms with Crippen LogP contribution in [0.5, 0.6) is 5.75 Å². The number of piperazine rings is 1. The molecular formula is C25H25FN4O3. The first-order chi connectivity index (χ1) is 16.1. The fourth-order valence-electron chi connectivity index (χ4n) is 3.55. The summed E-state index contributed by atoms with van der Waals surface area (Å²) in [6.45, 7) is 2.30. The van der Waals surface area contributed by atoms with Crippen LogP contribution in [0.2, 0.25) is 0 Å². The predicted octanol–water partition coefficient (Wildman–Crippen LogP) is 4.20. The Morgan fingerprint density at radius 3 is 2.24 bits per heavy atom. The summed E-state index contributed by atoms with van der Waals surface area (Å²) in [5.74, 6) is -0.0494. The van der Waals surface area contributed by atoms with Crippen LogP contribution in [0, 0.1) is 5.82 Å². The van der Waals surface area contributed by atoms with Gasteiger partial charge in [-0.25, -0.2) is 9.18 Å². The first-order valence-corrected chi connectivity index (χ1v) is 10.7. The van der Waals surface area contributed by atoms with Crippen molar-refractivity contribution in [3.05, 3.63) is 84.7 Å². The highest BCUT2D eigenvalue weighted by atomic mass is 19.1. The van der Waals surface area contributed by atoms with Gasteiger partial charge in [0, 0.05) is 49.3 Å². The maximum atomic E-state index is 13.1. The maximum absolute atomic E-state index is 13.1. The molecular weight excluding hydrogens is 423 g/mol. The van der Waals surface area contributed by atoms with E-state index in [9.17, 15) is 14.0 Å². The molecule has 3 amide bonds. The molecule has 4 rings (SSSR count). The van der Waals surface area contributed by atoms with Gasteiger partial charge in [-0.15, -0.1) is 0 Å². The number of amides is 3. The number of halogens is 1. The summed E-state index contributed by atoms with van der Waals surface area (Å²) in [4.78, 5) is 28.6. The first kappa shape index (κ1) is 22.1. The lowest BCUT2D eigenvalue weighted by atomic mass is 10.2. The second kappa shape index (κ2) is 10.5. The lowest BCUT2D eigenvalue weighted by Crippen LogP contribution is -2.50. The minimum Gasteiger partial charge on any atom is -0.484 e. The van der Waals surface area contributed by atoms with Gasteiger partial charge in [0.05, 0.1) is 0 Å². The Morgan fingerprint density at radius 1 is 0.818 bits per heavy atom. The number of para-hydroxylation sites is 1. The van der Waals surface area contributed by atoms with Gasteiger partial charge in [-0.3, -0.25) is 4.79 Å². The van der Waals surface area contributed by atoms with Gasteiger partial charge in [-0.05, 0) is 48.5 Å². The van der Waals surface area contributed by atoms with E-state index in [2.05, 4.69) is 15.5 Å². The van der Waals surface area contributed by atoms with Crippen molar-refractivity contribution in [2.75, 3.05) is 48.3 Å². The van der Waals surface area contributed by atoms with Crippen LogP contribution in [-0.2, 0) is 4.79 Å². The van der Waals surface area contributed by atoms with Gasteiger partial charge in [0.2, 0.25) is 0 Å². The molecule has 0 bridgehead atoms. The number of nitrogens with one attached hydrogen (secondary N) is 2. The van der Waals surface area contributed by atoms with E-state index in [1.54, 1.807) is 53.4 Å². The van der Waals surface area contributed by atoms with Crippen molar-refractivity contribution in [3.63, 3.8) is 0 Å². The second-order valence-corrected chi connectivity index (χ2v) is 7.61. The molecule has 8 heteroatoms. The summed E-state index contributed by atoms with van der Waals surface area (Å²) < 4.78 is 18.7. The van der Waals surface area contributed by atoms with Gasteiger partial charge in [0.1, 0.15) is 11.6 Å². The fourth-order valence-corrected chi connectivity index (χ4v) is 3.55. The zero-order chi connectivity index (χ0) is 23.0. The lowest BCUT2D eigenvalue weighted by molar-refractivity contribution is -0.118. The van der Waals surface area contributed by atoms with Crippen LogP contribution >= 0.6 is 0 Å². The molecule has 0 spiro atoms. The molecule has 0 radical (unpaired) electrons. The molecule has 33 heavy (non-hydrogen) atoms. The summed E-state index contributed by atoms with van der Waals surface area (Å²) in [5, 5.41) is 5.64. The van der Waals surface area contributed by atoms with Crippen molar-refractivity contribution < 1.29 is 18.7 Å². The van der Waals surface area contributed by atoms with E-state index in [0.29, 0.717) is 43.3 Å². The van der Waals surface area contributed by atoms with Crippen molar-refractivity contribution in [2.45, 2.75) is 0 Å². The second-order valence-electron chi connectivity index (χ2n) is 7.61. The highest BCUT2D eigenvalue weighted by Crippen LogP contribution is 2.20. The van der Waals surface area contributed by atoms with Gasteiger partial charge in [0.25, 0.3) is 5.91 Å². The Kier molecular flexibility index (Phi) is 7.04. The Bertz CT molecular complexity index is 1080. The van der Waals surface area contributed by atoms with Crippen LogP contribution in [0.25, 0.3) is 0 Å². The van der Waals surface area contributed by atoms with Gasteiger partial charge < -0.3 is 25.2 Å². The molecule has 2 N–H and O–H groups in total. The smallest absolute Gasteiger partial charge is 0.321 e. The quantitative estimate of drug-likeness (QED) is 0.593. The number of benzene rings is 3. The van der Waals surface area contributed by atoms with Crippen molar-refractivity contribution in [1.29, 1.82) is 0 Å². The molecule has 1 fully saturated rings. The Hall–Kier alpha value is -4.07. The number of urea groups is 1. The standard InChI is InChI=1S/C25H25FN4O3/c26-19-9-11-22(12-10-19)29-13-15-30(16-14-29)25(32)28-21-7-4-8-23(17-21)33-18-24(31)27-20-5-2-1-3-6-20/h1-12,17H,13-16,18H2,(H,27,31)(H,28,32). The van der Waals surface area contributed by atoms with Gasteiger partial charge in [-0.2, -0.15) is 0 Å². The van der Waals surface area contributed by atoms with Crippen LogP contribution in [0.3, 0.4) is 0 Å². The fraction of sp³-hybridized carbons (Fsp3) is 0.200. The van der Waals surface area contributed by atoms with E-state index in [4.69, 9.17) is 4.74 Å². The van der Waals surface area contributed by atoms with E-state index in [1.165, 1.54) is 12.1 Å². The summed E-state index contributed by atoms with van der Waals surface area (Å²) in [6.07, 6.45) is 0. The summed E-state index contributed by atoms with van der Waals surface area (Å²) in [7, 11) is 0. The molecule has 0 saturated carbocycles. The summed E-state index contributed by atoms with van der Waals surface area (Å²) >= 11 is 0. The largest absolute Gasteiger partial charge is 0.484 e. The van der Waals surface area contributed by atoms with Crippen LogP contribution in [0.1, 0.15) is 0 Å². The first-order valence-electron chi connectivity index (χ1n) is 10.7. The number of nitrogens with zero attached hydrogens (tertiary/aromatic N) is 2. The van der Waals surface area contributed by atoms with Gasteiger partial charge in [-0.1, -0.05) is 24.3 Å². The van der Waals surface area contributed by atoms with E-state index in [1.807, 2.05) is 18.2 Å². The topological polar surface area (TPSA) is 73.9 Å². The molecule has 0 aromatic heterocycles. The van der Waals surface area contributed by atoms with E-state index in [0.717, 1.165) is 5.69 Å². The zero-order valence-corrected chi connectivity index (χ0v) is 18.0. The van der Waals surface area contributed by atoms with Gasteiger partial charge >= 0.3 is 6.03 Å². The van der Waals surface area contributed by atoms with Crippen molar-refractivity contribution in [1.82, 2.24) is 4.90 Å². The lowest BCUT2D eigenvalue weighted by Gasteiger charge is -2.36. The Morgan fingerprint density at radius 2 is 1.52 bits per heavy atom. The SMILES string of the molecule is O=C(COc1cccc(NC(=O)N2CCN(c3ccc(F)cc3)CC2)c1)Nc1ccccc1. The molecule has 1 heterocycles. The average Bonchev–Trinajstić information content (AvgIpc) is 2.84. The molecule has 1 saturated heterocycles. The van der Waals surface area contributed by atoms with Gasteiger partial charge in [0.15, 0.2) is 6.61 Å². The van der Waals surface area contributed by atoms with Crippen molar-refractivity contribution in [2.24, 2.45) is 0 Å². The number of carbonyl (C=O) groups is 2.